The highest BCUT2D eigenvalue weighted by molar-refractivity contribution is 8.00. The van der Waals surface area contributed by atoms with Gasteiger partial charge in [0.05, 0.1) is 6.61 Å². The molecule has 0 aromatic carbocycles. The van der Waals surface area contributed by atoms with Crippen molar-refractivity contribution in [2.45, 2.75) is 12.2 Å². The molecule has 1 heterocycles. The summed E-state index contributed by atoms with van der Waals surface area (Å²) in [6.07, 6.45) is 0. The maximum absolute atomic E-state index is 11.1. The topological polar surface area (TPSA) is 40.4 Å². The van der Waals surface area contributed by atoms with E-state index in [1.54, 1.807) is 11.8 Å². The molecular weight excluding hydrogens is 162 g/mol. The molecule has 0 spiro atoms. The summed E-state index contributed by atoms with van der Waals surface area (Å²) < 4.78 is 4.86. The van der Waals surface area contributed by atoms with E-state index in [9.17, 15) is 4.79 Å². The van der Waals surface area contributed by atoms with Crippen LogP contribution in [-0.2, 0) is 9.53 Å². The third-order valence-electron chi connectivity index (χ3n) is 1.41. The first-order valence-corrected chi connectivity index (χ1v) is 4.81. The van der Waals surface area contributed by atoms with Gasteiger partial charge in [-0.05, 0) is 6.92 Å². The van der Waals surface area contributed by atoms with Crippen LogP contribution in [0.4, 0.5) is 0 Å². The molecule has 1 aliphatic rings. The molecule has 0 bridgehead atoms. The molecule has 4 heteroatoms. The molecule has 0 aliphatic carbocycles. The second-order valence-electron chi connectivity index (χ2n) is 2.24. The number of ether oxygens (including phenoxy) is 1. The van der Waals surface area contributed by atoms with Crippen molar-refractivity contribution in [3.8, 4) is 0 Å². The van der Waals surface area contributed by atoms with Crippen molar-refractivity contribution in [2.24, 2.45) is 0 Å². The van der Waals surface area contributed by atoms with Gasteiger partial charge in [-0.1, -0.05) is 0 Å². The highest BCUT2D eigenvalue weighted by Gasteiger charge is 2.22. The zero-order chi connectivity index (χ0) is 8.10. The summed E-state index contributed by atoms with van der Waals surface area (Å²) in [5.74, 6) is 0.838. The third-order valence-corrected chi connectivity index (χ3v) is 2.58. The van der Waals surface area contributed by atoms with Crippen LogP contribution in [0, 0.1) is 0 Å². The first kappa shape index (κ1) is 8.87. The lowest BCUT2D eigenvalue weighted by Crippen LogP contribution is -2.34. The molecule has 0 aromatic rings. The number of hydrogen-bond donors (Lipinski definition) is 0. The van der Waals surface area contributed by atoms with Crippen molar-refractivity contribution in [3.63, 3.8) is 0 Å². The monoisotopic (exact) mass is 174 g/mol. The van der Waals surface area contributed by atoms with E-state index in [0.29, 0.717) is 13.2 Å². The van der Waals surface area contributed by atoms with E-state index >= 15 is 0 Å². The van der Waals surface area contributed by atoms with Gasteiger partial charge >= 0.3 is 5.97 Å². The van der Waals surface area contributed by atoms with Crippen molar-refractivity contribution in [2.75, 3.05) is 25.4 Å². The van der Waals surface area contributed by atoms with Crippen molar-refractivity contribution in [1.82, 2.24) is 5.32 Å². The van der Waals surface area contributed by atoms with Crippen LogP contribution < -0.4 is 5.32 Å². The van der Waals surface area contributed by atoms with E-state index in [1.165, 1.54) is 0 Å². The third kappa shape index (κ3) is 2.71. The van der Waals surface area contributed by atoms with E-state index in [1.807, 2.05) is 6.92 Å². The minimum Gasteiger partial charge on any atom is -0.465 e. The predicted molar refractivity (Wildman–Crippen MR) is 44.7 cm³/mol. The number of hydrogen-bond acceptors (Lipinski definition) is 3. The Balaban J connectivity index is 2.27. The van der Waals surface area contributed by atoms with Crippen molar-refractivity contribution >= 4 is 17.7 Å². The molecule has 1 fully saturated rings. The quantitative estimate of drug-likeness (QED) is 0.564. The highest BCUT2D eigenvalue weighted by Crippen LogP contribution is 2.15. The number of esters is 1. The molecule has 0 aromatic heterocycles. The molecule has 0 saturated carbocycles. The Labute approximate surface area is 70.9 Å². The number of thioether (sulfide) groups is 1. The lowest BCUT2D eigenvalue weighted by atomic mass is 10.4. The van der Waals surface area contributed by atoms with Gasteiger partial charge in [0, 0.05) is 18.8 Å². The molecule has 3 nitrogen and oxygen atoms in total. The van der Waals surface area contributed by atoms with Gasteiger partial charge in [-0.15, -0.1) is 11.8 Å². The zero-order valence-electron chi connectivity index (χ0n) is 6.58. The summed E-state index contributed by atoms with van der Waals surface area (Å²) in [6.45, 7) is 3.79. The second-order valence-corrected chi connectivity index (χ2v) is 3.55. The average molecular weight is 174 g/mol. The molecule has 1 radical (unpaired) electrons. The summed E-state index contributed by atoms with van der Waals surface area (Å²) in [5.41, 5.74) is 0. The largest absolute Gasteiger partial charge is 0.465 e. The van der Waals surface area contributed by atoms with E-state index in [4.69, 9.17) is 4.74 Å². The van der Waals surface area contributed by atoms with E-state index in [2.05, 4.69) is 5.32 Å². The van der Waals surface area contributed by atoms with Gasteiger partial charge in [0.25, 0.3) is 0 Å². The normalized spacial score (nSPS) is 24.6. The minimum absolute atomic E-state index is 0.0382. The molecule has 1 aliphatic heterocycles. The van der Waals surface area contributed by atoms with Crippen LogP contribution in [0.25, 0.3) is 0 Å². The molecule has 11 heavy (non-hydrogen) atoms. The Bertz CT molecular complexity index is 134. The first-order chi connectivity index (χ1) is 5.34. The fourth-order valence-electron chi connectivity index (χ4n) is 0.899. The standard InChI is InChI=1S/C7H12NO2S/c1-2-10-7(9)6-5-8-3-4-11-6/h6H,2-5H2,1H3. The maximum atomic E-state index is 11.1. The van der Waals surface area contributed by atoms with Crippen molar-refractivity contribution < 1.29 is 9.53 Å². The highest BCUT2D eigenvalue weighted by atomic mass is 32.2. The Morgan fingerprint density at radius 1 is 1.82 bits per heavy atom. The predicted octanol–water partition coefficient (Wildman–Crippen LogP) is 0.269. The van der Waals surface area contributed by atoms with Gasteiger partial charge in [0.2, 0.25) is 0 Å². The molecule has 0 N–H and O–H groups in total. The van der Waals surface area contributed by atoms with E-state index < -0.39 is 0 Å². The number of rotatable bonds is 2. The molecule has 0 amide bonds. The Kier molecular flexibility index (Phi) is 3.72. The van der Waals surface area contributed by atoms with Crippen molar-refractivity contribution in [3.05, 3.63) is 0 Å². The summed E-state index contributed by atoms with van der Waals surface area (Å²) in [6, 6.07) is 0. The van der Waals surface area contributed by atoms with Gasteiger partial charge < -0.3 is 4.74 Å². The smallest absolute Gasteiger partial charge is 0.320 e. The van der Waals surface area contributed by atoms with Gasteiger partial charge in [0.15, 0.2) is 0 Å². The summed E-state index contributed by atoms with van der Waals surface area (Å²) >= 11 is 1.64. The second kappa shape index (κ2) is 4.62. The summed E-state index contributed by atoms with van der Waals surface area (Å²) in [7, 11) is 0. The molecule has 1 unspecified atom stereocenters. The lowest BCUT2D eigenvalue weighted by Gasteiger charge is -2.18. The Morgan fingerprint density at radius 2 is 2.64 bits per heavy atom. The van der Waals surface area contributed by atoms with Crippen LogP contribution in [0.5, 0.6) is 0 Å². The summed E-state index contributed by atoms with van der Waals surface area (Å²) in [4.78, 5) is 11.1. The Hall–Kier alpha value is -0.220. The fourth-order valence-corrected chi connectivity index (χ4v) is 1.83. The Morgan fingerprint density at radius 3 is 3.18 bits per heavy atom. The first-order valence-electron chi connectivity index (χ1n) is 3.76. The zero-order valence-corrected chi connectivity index (χ0v) is 7.39. The van der Waals surface area contributed by atoms with Crippen LogP contribution in [0.1, 0.15) is 6.92 Å². The van der Waals surface area contributed by atoms with Gasteiger partial charge in [-0.2, -0.15) is 0 Å². The lowest BCUT2D eigenvalue weighted by molar-refractivity contribution is -0.142. The average Bonchev–Trinajstić information content (AvgIpc) is 2.07. The van der Waals surface area contributed by atoms with Crippen LogP contribution in [-0.4, -0.2) is 36.7 Å². The fraction of sp³-hybridized carbons (Fsp3) is 0.857. The van der Waals surface area contributed by atoms with Gasteiger partial charge in [-0.3, -0.25) is 4.79 Å². The van der Waals surface area contributed by atoms with E-state index in [-0.39, 0.29) is 11.2 Å². The maximum Gasteiger partial charge on any atom is 0.320 e. The molecule has 63 valence electrons. The van der Waals surface area contributed by atoms with E-state index in [0.717, 1.165) is 12.3 Å². The molecular formula is C7H12NO2S. The molecule has 1 atom stereocenters. The minimum atomic E-state index is -0.110. The summed E-state index contributed by atoms with van der Waals surface area (Å²) in [5, 5.41) is 4.10. The molecule has 1 rings (SSSR count). The molecule has 1 saturated heterocycles. The van der Waals surface area contributed by atoms with Crippen LogP contribution >= 0.6 is 11.8 Å². The SMILES string of the molecule is CCOC(=O)C1C[N]CCS1. The van der Waals surface area contributed by atoms with Gasteiger partial charge in [-0.25, -0.2) is 5.32 Å². The van der Waals surface area contributed by atoms with Crippen LogP contribution in [0.3, 0.4) is 0 Å². The van der Waals surface area contributed by atoms with Crippen LogP contribution in [0.15, 0.2) is 0 Å². The van der Waals surface area contributed by atoms with Gasteiger partial charge in [0.1, 0.15) is 5.25 Å². The van der Waals surface area contributed by atoms with Crippen LogP contribution in [0.2, 0.25) is 0 Å². The number of carbonyl (C=O) groups excluding carboxylic acids is 1. The number of carbonyl (C=O) groups is 1. The number of nitrogens with zero attached hydrogens (tertiary/aromatic N) is 1. The van der Waals surface area contributed by atoms with Crippen molar-refractivity contribution in [1.29, 1.82) is 0 Å².